The van der Waals surface area contributed by atoms with E-state index in [2.05, 4.69) is 11.3 Å². The molecule has 0 aliphatic rings. The van der Waals surface area contributed by atoms with E-state index in [4.69, 9.17) is 4.74 Å². The van der Waals surface area contributed by atoms with Crippen LogP contribution in [0.4, 0.5) is 4.39 Å². The van der Waals surface area contributed by atoms with Crippen molar-refractivity contribution < 1.29 is 18.7 Å². The molecule has 0 aromatic heterocycles. The summed E-state index contributed by atoms with van der Waals surface area (Å²) in [5.74, 6) is -1.26. The largest absolute Gasteiger partial charge is 0.496 e. The Hall–Kier alpha value is -1.84. The Bertz CT molecular complexity index is 441. The first-order valence-electron chi connectivity index (χ1n) is 5.13. The van der Waals surface area contributed by atoms with E-state index in [1.54, 1.807) is 13.0 Å². The molecular weight excluding hydrogens is 223 g/mol. The van der Waals surface area contributed by atoms with E-state index < -0.39 is 17.7 Å². The molecule has 0 spiro atoms. The Balaban J connectivity index is 3.28. The van der Waals surface area contributed by atoms with Crippen LogP contribution < -0.4 is 4.74 Å². The van der Waals surface area contributed by atoms with Gasteiger partial charge in [0.2, 0.25) is 0 Å². The summed E-state index contributed by atoms with van der Waals surface area (Å²) >= 11 is 0. The Labute approximate surface area is 99.9 Å². The fourth-order valence-corrected chi connectivity index (χ4v) is 1.60. The smallest absolute Gasteiger partial charge is 0.312 e. The molecule has 92 valence electrons. The van der Waals surface area contributed by atoms with Crippen LogP contribution in [0.25, 0.3) is 6.08 Å². The van der Waals surface area contributed by atoms with E-state index in [0.717, 1.165) is 0 Å². The van der Waals surface area contributed by atoms with Gasteiger partial charge in [-0.25, -0.2) is 4.39 Å². The number of methoxy groups -OCH3 is 2. The third kappa shape index (κ3) is 2.46. The molecular formula is C13H15FO3. The lowest BCUT2D eigenvalue weighted by molar-refractivity contribution is -0.142. The summed E-state index contributed by atoms with van der Waals surface area (Å²) in [5, 5.41) is 0. The van der Waals surface area contributed by atoms with Crippen LogP contribution in [0.1, 0.15) is 24.0 Å². The Morgan fingerprint density at radius 3 is 2.59 bits per heavy atom. The standard InChI is InChI=1S/C13H15FO3/c1-5-9-11(16-3)7-6-10(12(9)14)8(2)13(15)17-4/h5-8H,1H2,2-4H3. The highest BCUT2D eigenvalue weighted by molar-refractivity contribution is 5.78. The van der Waals surface area contributed by atoms with Gasteiger partial charge in [-0.3, -0.25) is 4.79 Å². The van der Waals surface area contributed by atoms with Gasteiger partial charge in [-0.05, 0) is 13.0 Å². The van der Waals surface area contributed by atoms with Crippen LogP contribution in [0.3, 0.4) is 0 Å². The van der Waals surface area contributed by atoms with Gasteiger partial charge < -0.3 is 9.47 Å². The minimum Gasteiger partial charge on any atom is -0.496 e. The zero-order valence-electron chi connectivity index (χ0n) is 10.1. The average molecular weight is 238 g/mol. The number of hydrogen-bond donors (Lipinski definition) is 0. The SMILES string of the molecule is C=Cc1c(OC)ccc(C(C)C(=O)OC)c1F. The summed E-state index contributed by atoms with van der Waals surface area (Å²) < 4.78 is 23.7. The fourth-order valence-electron chi connectivity index (χ4n) is 1.60. The van der Waals surface area contributed by atoms with E-state index in [-0.39, 0.29) is 11.1 Å². The fraction of sp³-hybridized carbons (Fsp3) is 0.308. The zero-order chi connectivity index (χ0) is 13.0. The van der Waals surface area contributed by atoms with Crippen LogP contribution in [-0.2, 0) is 9.53 Å². The minimum absolute atomic E-state index is 0.251. The highest BCUT2D eigenvalue weighted by Crippen LogP contribution is 2.29. The molecule has 0 saturated carbocycles. The molecule has 0 aliphatic heterocycles. The second-order valence-corrected chi connectivity index (χ2v) is 3.53. The van der Waals surface area contributed by atoms with Gasteiger partial charge in [0.15, 0.2) is 0 Å². The van der Waals surface area contributed by atoms with Crippen molar-refractivity contribution in [2.24, 2.45) is 0 Å². The molecule has 0 heterocycles. The first-order valence-corrected chi connectivity index (χ1v) is 5.13. The normalized spacial score (nSPS) is 11.8. The van der Waals surface area contributed by atoms with Crippen molar-refractivity contribution in [3.63, 3.8) is 0 Å². The molecule has 0 N–H and O–H groups in total. The van der Waals surface area contributed by atoms with Gasteiger partial charge in [0.25, 0.3) is 0 Å². The number of esters is 1. The molecule has 0 saturated heterocycles. The van der Waals surface area contributed by atoms with Crippen molar-refractivity contribution in [1.82, 2.24) is 0 Å². The van der Waals surface area contributed by atoms with Gasteiger partial charge >= 0.3 is 5.97 Å². The van der Waals surface area contributed by atoms with Gasteiger partial charge in [0, 0.05) is 5.56 Å². The maximum Gasteiger partial charge on any atom is 0.312 e. The summed E-state index contributed by atoms with van der Waals surface area (Å²) in [6.45, 7) is 5.12. The Morgan fingerprint density at radius 2 is 2.12 bits per heavy atom. The first kappa shape index (κ1) is 13.2. The summed E-state index contributed by atoms with van der Waals surface area (Å²) in [7, 11) is 2.72. The number of rotatable bonds is 4. The van der Waals surface area contributed by atoms with E-state index in [1.165, 1.54) is 26.4 Å². The van der Waals surface area contributed by atoms with E-state index in [9.17, 15) is 9.18 Å². The van der Waals surface area contributed by atoms with Crippen LogP contribution in [-0.4, -0.2) is 20.2 Å². The molecule has 0 bridgehead atoms. The average Bonchev–Trinajstić information content (AvgIpc) is 2.36. The second-order valence-electron chi connectivity index (χ2n) is 3.53. The van der Waals surface area contributed by atoms with Gasteiger partial charge in [0.05, 0.1) is 25.7 Å². The lowest BCUT2D eigenvalue weighted by Crippen LogP contribution is -2.13. The molecule has 17 heavy (non-hydrogen) atoms. The highest BCUT2D eigenvalue weighted by Gasteiger charge is 2.22. The molecule has 1 aromatic rings. The lowest BCUT2D eigenvalue weighted by atomic mass is 9.97. The molecule has 0 amide bonds. The third-order valence-corrected chi connectivity index (χ3v) is 2.61. The molecule has 3 nitrogen and oxygen atoms in total. The van der Waals surface area contributed by atoms with E-state index >= 15 is 0 Å². The van der Waals surface area contributed by atoms with Crippen molar-refractivity contribution in [3.8, 4) is 5.75 Å². The van der Waals surface area contributed by atoms with Crippen LogP contribution in [0.2, 0.25) is 0 Å². The van der Waals surface area contributed by atoms with Gasteiger partial charge in [-0.1, -0.05) is 18.7 Å². The van der Waals surface area contributed by atoms with Gasteiger partial charge in [-0.15, -0.1) is 0 Å². The van der Waals surface area contributed by atoms with Crippen LogP contribution in [0.5, 0.6) is 5.75 Å². The summed E-state index contributed by atoms with van der Waals surface area (Å²) in [6.07, 6.45) is 1.36. The molecule has 1 atom stereocenters. The third-order valence-electron chi connectivity index (χ3n) is 2.61. The quantitative estimate of drug-likeness (QED) is 0.756. The molecule has 4 heteroatoms. The molecule has 1 aromatic carbocycles. The number of benzene rings is 1. The Morgan fingerprint density at radius 1 is 1.47 bits per heavy atom. The van der Waals surface area contributed by atoms with Crippen LogP contribution in [0.15, 0.2) is 18.7 Å². The number of carbonyl (C=O) groups excluding carboxylic acids is 1. The van der Waals surface area contributed by atoms with Gasteiger partial charge in [0.1, 0.15) is 11.6 Å². The summed E-state index contributed by atoms with van der Waals surface area (Å²) in [5.41, 5.74) is 0.522. The highest BCUT2D eigenvalue weighted by atomic mass is 19.1. The van der Waals surface area contributed by atoms with Gasteiger partial charge in [-0.2, -0.15) is 0 Å². The molecule has 1 rings (SSSR count). The maximum atomic E-state index is 14.1. The first-order chi connectivity index (χ1) is 8.06. The van der Waals surface area contributed by atoms with Crippen molar-refractivity contribution in [2.75, 3.05) is 14.2 Å². The van der Waals surface area contributed by atoms with Crippen LogP contribution >= 0.6 is 0 Å². The molecule has 1 unspecified atom stereocenters. The number of ether oxygens (including phenoxy) is 2. The summed E-state index contributed by atoms with van der Waals surface area (Å²) in [6, 6.07) is 3.12. The van der Waals surface area contributed by atoms with Crippen molar-refractivity contribution in [2.45, 2.75) is 12.8 Å². The number of carbonyl (C=O) groups is 1. The van der Waals surface area contributed by atoms with Crippen molar-refractivity contribution >= 4 is 12.0 Å². The predicted molar refractivity (Wildman–Crippen MR) is 63.5 cm³/mol. The summed E-state index contributed by atoms with van der Waals surface area (Å²) in [4.78, 5) is 11.4. The Kier molecular flexibility index (Phi) is 4.26. The predicted octanol–water partition coefficient (Wildman–Crippen LogP) is 2.75. The van der Waals surface area contributed by atoms with E-state index in [0.29, 0.717) is 5.75 Å². The number of hydrogen-bond acceptors (Lipinski definition) is 3. The maximum absolute atomic E-state index is 14.1. The lowest BCUT2D eigenvalue weighted by Gasteiger charge is -2.14. The molecule has 0 aliphatic carbocycles. The minimum atomic E-state index is -0.662. The second kappa shape index (κ2) is 5.48. The van der Waals surface area contributed by atoms with E-state index in [1.807, 2.05) is 0 Å². The number of halogens is 1. The zero-order valence-corrected chi connectivity index (χ0v) is 10.1. The molecule has 0 fully saturated rings. The van der Waals surface area contributed by atoms with Crippen molar-refractivity contribution in [3.05, 3.63) is 35.7 Å². The van der Waals surface area contributed by atoms with Crippen molar-refractivity contribution in [1.29, 1.82) is 0 Å². The monoisotopic (exact) mass is 238 g/mol. The molecule has 0 radical (unpaired) electrons. The topological polar surface area (TPSA) is 35.5 Å². The van der Waals surface area contributed by atoms with Crippen LogP contribution in [0, 0.1) is 5.82 Å².